The lowest BCUT2D eigenvalue weighted by Crippen LogP contribution is -2.38. The number of aryl methyl sites for hydroxylation is 1. The van der Waals surface area contributed by atoms with Gasteiger partial charge in [0.05, 0.1) is 19.3 Å². The second kappa shape index (κ2) is 6.50. The molecule has 5 heteroatoms. The molecule has 0 aromatic carbocycles. The van der Waals surface area contributed by atoms with Crippen molar-refractivity contribution < 1.29 is 9.47 Å². The first-order valence-corrected chi connectivity index (χ1v) is 7.55. The van der Waals surface area contributed by atoms with Gasteiger partial charge in [0, 0.05) is 37.5 Å². The Balaban J connectivity index is 1.44. The van der Waals surface area contributed by atoms with Gasteiger partial charge >= 0.3 is 0 Å². The molecule has 20 heavy (non-hydrogen) atoms. The Kier molecular flexibility index (Phi) is 4.47. The maximum absolute atomic E-state index is 6.03. The van der Waals surface area contributed by atoms with Crippen molar-refractivity contribution in [2.45, 2.75) is 32.3 Å². The van der Waals surface area contributed by atoms with Gasteiger partial charge in [-0.25, -0.2) is 9.97 Å². The van der Waals surface area contributed by atoms with Crippen molar-refractivity contribution >= 4 is 5.95 Å². The normalized spacial score (nSPS) is 24.2. The minimum atomic E-state index is 0.386. The van der Waals surface area contributed by atoms with E-state index in [1.165, 1.54) is 0 Å². The summed E-state index contributed by atoms with van der Waals surface area (Å²) in [6, 6.07) is 1.93. The summed E-state index contributed by atoms with van der Waals surface area (Å²) in [5, 5.41) is 0. The molecule has 0 aliphatic carbocycles. The van der Waals surface area contributed by atoms with Crippen molar-refractivity contribution in [1.29, 1.82) is 0 Å². The fourth-order valence-electron chi connectivity index (χ4n) is 2.80. The first-order valence-electron chi connectivity index (χ1n) is 7.55. The molecule has 0 spiro atoms. The van der Waals surface area contributed by atoms with Gasteiger partial charge in [-0.1, -0.05) is 0 Å². The van der Waals surface area contributed by atoms with Crippen molar-refractivity contribution in [2.75, 3.05) is 37.8 Å². The second-order valence-corrected chi connectivity index (χ2v) is 5.75. The Hall–Kier alpha value is -1.20. The third-order valence-electron chi connectivity index (χ3n) is 4.10. The number of aromatic nitrogens is 2. The minimum absolute atomic E-state index is 0.386. The lowest BCUT2D eigenvalue weighted by atomic mass is 10.1. The summed E-state index contributed by atoms with van der Waals surface area (Å²) in [6.07, 6.45) is 5.49. The highest BCUT2D eigenvalue weighted by molar-refractivity contribution is 5.30. The van der Waals surface area contributed by atoms with Crippen LogP contribution >= 0.6 is 0 Å². The van der Waals surface area contributed by atoms with Crippen molar-refractivity contribution in [3.63, 3.8) is 0 Å². The van der Waals surface area contributed by atoms with Gasteiger partial charge < -0.3 is 14.4 Å². The third kappa shape index (κ3) is 3.46. The van der Waals surface area contributed by atoms with E-state index in [9.17, 15) is 0 Å². The molecule has 1 aromatic heterocycles. The fraction of sp³-hybridized carbons (Fsp3) is 0.733. The zero-order valence-electron chi connectivity index (χ0n) is 12.1. The van der Waals surface area contributed by atoms with Crippen LogP contribution in [0, 0.1) is 12.8 Å². The van der Waals surface area contributed by atoms with Crippen LogP contribution < -0.4 is 4.90 Å². The molecule has 3 heterocycles. The van der Waals surface area contributed by atoms with Crippen LogP contribution in [0.5, 0.6) is 0 Å². The predicted octanol–water partition coefficient (Wildman–Crippen LogP) is 1.81. The van der Waals surface area contributed by atoms with Gasteiger partial charge in [-0.15, -0.1) is 0 Å². The lowest BCUT2D eigenvalue weighted by Gasteiger charge is -2.32. The molecule has 2 saturated heterocycles. The van der Waals surface area contributed by atoms with Crippen LogP contribution in [0.1, 0.15) is 25.0 Å². The van der Waals surface area contributed by atoms with Crippen LogP contribution in [0.4, 0.5) is 5.95 Å². The molecule has 0 saturated carbocycles. The Bertz CT molecular complexity index is 427. The molecule has 1 atom stereocenters. The summed E-state index contributed by atoms with van der Waals surface area (Å²) < 4.78 is 11.4. The number of hydrogen-bond acceptors (Lipinski definition) is 5. The number of ether oxygens (including phenoxy) is 2. The standard InChI is InChI=1S/C15H23N3O2/c1-12-2-6-16-15(17-12)18-7-3-14(4-8-18)20-11-13-5-9-19-10-13/h2,6,13-14H,3-5,7-11H2,1H3. The summed E-state index contributed by atoms with van der Waals surface area (Å²) >= 11 is 0. The van der Waals surface area contributed by atoms with E-state index in [-0.39, 0.29) is 0 Å². The van der Waals surface area contributed by atoms with Gasteiger partial charge in [0.1, 0.15) is 0 Å². The van der Waals surface area contributed by atoms with E-state index < -0.39 is 0 Å². The number of rotatable bonds is 4. The predicted molar refractivity (Wildman–Crippen MR) is 76.9 cm³/mol. The zero-order valence-corrected chi connectivity index (χ0v) is 12.1. The van der Waals surface area contributed by atoms with Crippen LogP contribution in [0.2, 0.25) is 0 Å². The average Bonchev–Trinajstić information content (AvgIpc) is 2.99. The monoisotopic (exact) mass is 277 g/mol. The molecular weight excluding hydrogens is 254 g/mol. The van der Waals surface area contributed by atoms with E-state index in [1.807, 2.05) is 19.2 Å². The highest BCUT2D eigenvalue weighted by Gasteiger charge is 2.23. The molecule has 0 amide bonds. The van der Waals surface area contributed by atoms with Gasteiger partial charge in [0.25, 0.3) is 0 Å². The number of piperidine rings is 1. The molecule has 0 N–H and O–H groups in total. The van der Waals surface area contributed by atoms with Crippen molar-refractivity contribution in [3.8, 4) is 0 Å². The first kappa shape index (κ1) is 13.8. The molecular formula is C15H23N3O2. The Morgan fingerprint density at radius 3 is 2.90 bits per heavy atom. The van der Waals surface area contributed by atoms with Crippen LogP contribution in [-0.4, -0.2) is 49.0 Å². The minimum Gasteiger partial charge on any atom is -0.381 e. The van der Waals surface area contributed by atoms with Gasteiger partial charge in [0.2, 0.25) is 5.95 Å². The summed E-state index contributed by atoms with van der Waals surface area (Å²) in [6.45, 7) is 6.59. The molecule has 0 bridgehead atoms. The van der Waals surface area contributed by atoms with Crippen molar-refractivity contribution in [3.05, 3.63) is 18.0 Å². The van der Waals surface area contributed by atoms with Crippen LogP contribution in [-0.2, 0) is 9.47 Å². The van der Waals surface area contributed by atoms with Gasteiger partial charge in [-0.3, -0.25) is 0 Å². The zero-order chi connectivity index (χ0) is 13.8. The maximum atomic E-state index is 6.03. The van der Waals surface area contributed by atoms with E-state index in [0.717, 1.165) is 63.8 Å². The molecule has 3 rings (SSSR count). The highest BCUT2D eigenvalue weighted by atomic mass is 16.5. The van der Waals surface area contributed by atoms with Crippen LogP contribution in [0.25, 0.3) is 0 Å². The van der Waals surface area contributed by atoms with E-state index in [2.05, 4.69) is 14.9 Å². The number of anilines is 1. The maximum Gasteiger partial charge on any atom is 0.225 e. The smallest absolute Gasteiger partial charge is 0.225 e. The first-order chi connectivity index (χ1) is 9.81. The Labute approximate surface area is 120 Å². The quantitative estimate of drug-likeness (QED) is 0.840. The highest BCUT2D eigenvalue weighted by Crippen LogP contribution is 2.20. The van der Waals surface area contributed by atoms with Gasteiger partial charge in [-0.2, -0.15) is 0 Å². The number of hydrogen-bond donors (Lipinski definition) is 0. The molecule has 1 unspecified atom stereocenters. The molecule has 110 valence electrons. The lowest BCUT2D eigenvalue weighted by molar-refractivity contribution is 0.0130. The average molecular weight is 277 g/mol. The summed E-state index contributed by atoms with van der Waals surface area (Å²) in [5.41, 5.74) is 1.02. The van der Waals surface area contributed by atoms with Crippen molar-refractivity contribution in [1.82, 2.24) is 9.97 Å². The van der Waals surface area contributed by atoms with Crippen LogP contribution in [0.15, 0.2) is 12.3 Å². The molecule has 2 aliphatic heterocycles. The Morgan fingerprint density at radius 1 is 1.35 bits per heavy atom. The molecule has 0 radical (unpaired) electrons. The van der Waals surface area contributed by atoms with E-state index in [4.69, 9.17) is 9.47 Å². The summed E-state index contributed by atoms with van der Waals surface area (Å²) in [7, 11) is 0. The van der Waals surface area contributed by atoms with Crippen molar-refractivity contribution in [2.24, 2.45) is 5.92 Å². The summed E-state index contributed by atoms with van der Waals surface area (Å²) in [4.78, 5) is 11.1. The third-order valence-corrected chi connectivity index (χ3v) is 4.10. The number of nitrogens with zero attached hydrogens (tertiary/aromatic N) is 3. The topological polar surface area (TPSA) is 47.5 Å². The largest absolute Gasteiger partial charge is 0.381 e. The summed E-state index contributed by atoms with van der Waals surface area (Å²) in [5.74, 6) is 1.46. The molecule has 2 fully saturated rings. The fourth-order valence-corrected chi connectivity index (χ4v) is 2.80. The molecule has 1 aromatic rings. The van der Waals surface area contributed by atoms with Gasteiger partial charge in [0.15, 0.2) is 0 Å². The Morgan fingerprint density at radius 2 is 2.20 bits per heavy atom. The molecule has 5 nitrogen and oxygen atoms in total. The van der Waals surface area contributed by atoms with E-state index in [1.54, 1.807) is 0 Å². The van der Waals surface area contributed by atoms with Crippen LogP contribution in [0.3, 0.4) is 0 Å². The van der Waals surface area contributed by atoms with Gasteiger partial charge in [-0.05, 0) is 32.3 Å². The second-order valence-electron chi connectivity index (χ2n) is 5.75. The van der Waals surface area contributed by atoms with E-state index >= 15 is 0 Å². The van der Waals surface area contributed by atoms with E-state index in [0.29, 0.717) is 12.0 Å². The SMILES string of the molecule is Cc1ccnc(N2CCC(OCC3CCOC3)CC2)n1. The molecule has 2 aliphatic rings.